The fourth-order valence-corrected chi connectivity index (χ4v) is 1.55. The second kappa shape index (κ2) is 7.17. The lowest BCUT2D eigenvalue weighted by Gasteiger charge is -2.22. The number of para-hydroxylation sites is 1. The molecule has 2 N–H and O–H groups in total. The number of alkyl carbamates (subject to hydrolysis) is 1. The topological polar surface area (TPSA) is 84.9 Å². The first-order chi connectivity index (χ1) is 9.69. The van der Waals surface area contributed by atoms with Crippen LogP contribution < -0.4 is 10.1 Å². The van der Waals surface area contributed by atoms with E-state index in [0.717, 1.165) is 0 Å². The molecule has 0 aliphatic heterocycles. The molecular formula is C14H18ClNO5. The van der Waals surface area contributed by atoms with Crippen molar-refractivity contribution in [2.45, 2.75) is 32.4 Å². The maximum absolute atomic E-state index is 11.6. The molecule has 7 heteroatoms. The Hall–Kier alpha value is -1.95. The fraction of sp³-hybridized carbons (Fsp3) is 0.429. The molecule has 1 atom stereocenters. The van der Waals surface area contributed by atoms with E-state index in [4.69, 9.17) is 26.2 Å². The van der Waals surface area contributed by atoms with E-state index in [2.05, 4.69) is 5.32 Å². The van der Waals surface area contributed by atoms with E-state index >= 15 is 0 Å². The van der Waals surface area contributed by atoms with Gasteiger partial charge < -0.3 is 19.9 Å². The number of carbonyl (C=O) groups excluding carboxylic acids is 1. The number of benzene rings is 1. The van der Waals surface area contributed by atoms with Gasteiger partial charge >= 0.3 is 12.1 Å². The lowest BCUT2D eigenvalue weighted by atomic mass is 10.2. The zero-order chi connectivity index (χ0) is 16.0. The third-order valence-corrected chi connectivity index (χ3v) is 2.54. The van der Waals surface area contributed by atoms with Crippen LogP contribution in [0.5, 0.6) is 5.75 Å². The minimum Gasteiger partial charge on any atom is -0.489 e. The first kappa shape index (κ1) is 17.1. The largest absolute Gasteiger partial charge is 0.489 e. The van der Waals surface area contributed by atoms with Crippen LogP contribution in [-0.2, 0) is 9.53 Å². The van der Waals surface area contributed by atoms with Crippen molar-refractivity contribution in [1.29, 1.82) is 0 Å². The number of halogens is 1. The van der Waals surface area contributed by atoms with E-state index < -0.39 is 23.7 Å². The van der Waals surface area contributed by atoms with Crippen LogP contribution in [0.2, 0.25) is 5.02 Å². The average Bonchev–Trinajstić information content (AvgIpc) is 2.33. The summed E-state index contributed by atoms with van der Waals surface area (Å²) in [6, 6.07) is 5.42. The Morgan fingerprint density at radius 1 is 1.33 bits per heavy atom. The molecule has 0 saturated carbocycles. The summed E-state index contributed by atoms with van der Waals surface area (Å²) in [6.45, 7) is 4.78. The van der Waals surface area contributed by atoms with Crippen molar-refractivity contribution in [2.24, 2.45) is 0 Å². The van der Waals surface area contributed by atoms with E-state index in [1.54, 1.807) is 45.0 Å². The van der Waals surface area contributed by atoms with Crippen molar-refractivity contribution in [1.82, 2.24) is 5.32 Å². The van der Waals surface area contributed by atoms with Gasteiger partial charge in [0.05, 0.1) is 5.02 Å². The Kier molecular flexibility index (Phi) is 5.84. The molecule has 1 rings (SSSR count). The second-order valence-electron chi connectivity index (χ2n) is 5.28. The number of amides is 1. The fourth-order valence-electron chi connectivity index (χ4n) is 1.36. The van der Waals surface area contributed by atoms with Gasteiger partial charge in [-0.3, -0.25) is 0 Å². The molecule has 0 saturated heterocycles. The van der Waals surface area contributed by atoms with E-state index in [9.17, 15) is 9.59 Å². The van der Waals surface area contributed by atoms with Crippen LogP contribution in [0, 0.1) is 0 Å². The molecule has 116 valence electrons. The molecular weight excluding hydrogens is 298 g/mol. The normalized spacial score (nSPS) is 12.4. The predicted octanol–water partition coefficient (Wildman–Crippen LogP) is 2.70. The summed E-state index contributed by atoms with van der Waals surface area (Å²) in [4.78, 5) is 22.7. The SMILES string of the molecule is CC(C)(C)OC(=O)N[C@H](COc1ccccc1Cl)C(=O)O. The minimum absolute atomic E-state index is 0.266. The lowest BCUT2D eigenvalue weighted by molar-refractivity contribution is -0.140. The highest BCUT2D eigenvalue weighted by molar-refractivity contribution is 6.32. The van der Waals surface area contributed by atoms with Crippen LogP contribution >= 0.6 is 11.6 Å². The highest BCUT2D eigenvalue weighted by atomic mass is 35.5. The Morgan fingerprint density at radius 2 is 1.95 bits per heavy atom. The highest BCUT2D eigenvalue weighted by Gasteiger charge is 2.24. The van der Waals surface area contributed by atoms with E-state index in [1.807, 2.05) is 0 Å². The number of rotatable bonds is 5. The van der Waals surface area contributed by atoms with Crippen molar-refractivity contribution in [3.05, 3.63) is 29.3 Å². The quantitative estimate of drug-likeness (QED) is 0.872. The molecule has 0 aromatic heterocycles. The first-order valence-corrected chi connectivity index (χ1v) is 6.66. The van der Waals surface area contributed by atoms with Gasteiger partial charge in [0.2, 0.25) is 0 Å². The van der Waals surface area contributed by atoms with Gasteiger partial charge in [-0.2, -0.15) is 0 Å². The number of hydrogen-bond acceptors (Lipinski definition) is 4. The molecule has 1 aromatic carbocycles. The Bertz CT molecular complexity index is 512. The van der Waals surface area contributed by atoms with Crippen LogP contribution in [0.4, 0.5) is 4.79 Å². The number of hydrogen-bond donors (Lipinski definition) is 2. The molecule has 0 aliphatic carbocycles. The summed E-state index contributed by atoms with van der Waals surface area (Å²) in [6.07, 6.45) is -0.822. The molecule has 0 heterocycles. The van der Waals surface area contributed by atoms with Crippen LogP contribution in [-0.4, -0.2) is 35.4 Å². The van der Waals surface area contributed by atoms with Gasteiger partial charge in [0, 0.05) is 0 Å². The van der Waals surface area contributed by atoms with Crippen LogP contribution in [0.25, 0.3) is 0 Å². The van der Waals surface area contributed by atoms with Gasteiger partial charge in [-0.25, -0.2) is 9.59 Å². The highest BCUT2D eigenvalue weighted by Crippen LogP contribution is 2.23. The molecule has 1 aromatic rings. The molecule has 0 fully saturated rings. The number of ether oxygens (including phenoxy) is 2. The third kappa shape index (κ3) is 6.35. The van der Waals surface area contributed by atoms with Crippen molar-refractivity contribution in [3.8, 4) is 5.75 Å². The van der Waals surface area contributed by atoms with Gasteiger partial charge in [-0.15, -0.1) is 0 Å². The lowest BCUT2D eigenvalue weighted by Crippen LogP contribution is -2.46. The van der Waals surface area contributed by atoms with Crippen molar-refractivity contribution < 1.29 is 24.2 Å². The minimum atomic E-state index is -1.24. The van der Waals surface area contributed by atoms with Crippen LogP contribution in [0.1, 0.15) is 20.8 Å². The van der Waals surface area contributed by atoms with Crippen molar-refractivity contribution in [3.63, 3.8) is 0 Å². The summed E-state index contributed by atoms with van der Waals surface area (Å²) < 4.78 is 10.3. The number of aliphatic carboxylic acids is 1. The van der Waals surface area contributed by atoms with Gasteiger partial charge in [0.15, 0.2) is 6.04 Å². The molecule has 0 spiro atoms. The molecule has 0 unspecified atom stereocenters. The van der Waals surface area contributed by atoms with Crippen LogP contribution in [0.3, 0.4) is 0 Å². The molecule has 1 amide bonds. The second-order valence-corrected chi connectivity index (χ2v) is 5.69. The standard InChI is InChI=1S/C14H18ClNO5/c1-14(2,3)21-13(19)16-10(12(17)18)8-20-11-7-5-4-6-9(11)15/h4-7,10H,8H2,1-3H3,(H,16,19)(H,17,18)/t10-/m1/s1. The summed E-state index contributed by atoms with van der Waals surface area (Å²) in [5.74, 6) is -0.885. The predicted molar refractivity (Wildman–Crippen MR) is 77.7 cm³/mol. The maximum atomic E-state index is 11.6. The van der Waals surface area contributed by atoms with Gasteiger partial charge in [-0.05, 0) is 32.9 Å². The number of nitrogens with one attached hydrogen (secondary N) is 1. The van der Waals surface area contributed by atoms with Crippen molar-refractivity contribution in [2.75, 3.05) is 6.61 Å². The molecule has 0 radical (unpaired) electrons. The number of carboxylic acids is 1. The summed E-state index contributed by atoms with van der Waals surface area (Å²) in [5, 5.41) is 11.7. The summed E-state index contributed by atoms with van der Waals surface area (Å²) in [5.41, 5.74) is -0.712. The van der Waals surface area contributed by atoms with Crippen molar-refractivity contribution >= 4 is 23.7 Å². The molecule has 0 aliphatic rings. The zero-order valence-corrected chi connectivity index (χ0v) is 12.8. The van der Waals surface area contributed by atoms with Gasteiger partial charge in [0.25, 0.3) is 0 Å². The zero-order valence-electron chi connectivity index (χ0n) is 12.1. The Labute approximate surface area is 128 Å². The molecule has 6 nitrogen and oxygen atoms in total. The van der Waals surface area contributed by atoms with Gasteiger partial charge in [-0.1, -0.05) is 23.7 Å². The van der Waals surface area contributed by atoms with E-state index in [1.165, 1.54) is 0 Å². The summed E-state index contributed by atoms with van der Waals surface area (Å²) in [7, 11) is 0. The molecule has 0 bridgehead atoms. The smallest absolute Gasteiger partial charge is 0.408 e. The van der Waals surface area contributed by atoms with Gasteiger partial charge in [0.1, 0.15) is 18.0 Å². The van der Waals surface area contributed by atoms with Crippen LogP contribution in [0.15, 0.2) is 24.3 Å². The Balaban J connectivity index is 2.61. The van der Waals surface area contributed by atoms with E-state index in [0.29, 0.717) is 10.8 Å². The summed E-state index contributed by atoms with van der Waals surface area (Å²) >= 11 is 5.90. The number of carboxylic acid groups (broad SMARTS) is 1. The maximum Gasteiger partial charge on any atom is 0.408 e. The monoisotopic (exact) mass is 315 g/mol. The first-order valence-electron chi connectivity index (χ1n) is 6.28. The van der Waals surface area contributed by atoms with E-state index in [-0.39, 0.29) is 6.61 Å². The Morgan fingerprint density at radius 3 is 2.48 bits per heavy atom. The molecule has 21 heavy (non-hydrogen) atoms. The number of carbonyl (C=O) groups is 2. The average molecular weight is 316 g/mol. The third-order valence-electron chi connectivity index (χ3n) is 2.23.